The van der Waals surface area contributed by atoms with E-state index in [1.54, 1.807) is 18.2 Å². The Balaban J connectivity index is 1.60. The molecule has 3 amide bonds. The molecule has 4 atom stereocenters. The third-order valence-corrected chi connectivity index (χ3v) is 7.58. The Labute approximate surface area is 183 Å². The molecule has 3 saturated heterocycles. The van der Waals surface area contributed by atoms with Crippen molar-refractivity contribution >= 4 is 40.7 Å². The van der Waals surface area contributed by atoms with E-state index in [0.29, 0.717) is 29.2 Å². The number of para-hydroxylation sites is 1. The Kier molecular flexibility index (Phi) is 3.76. The quantitative estimate of drug-likeness (QED) is 0.693. The number of aryl methyl sites for hydroxylation is 1. The van der Waals surface area contributed by atoms with Gasteiger partial charge >= 0.3 is 0 Å². The Morgan fingerprint density at radius 2 is 1.94 bits per heavy atom. The average Bonchev–Trinajstić information content (AvgIpc) is 3.42. The Hall–Kier alpha value is -2.77. The molecule has 31 heavy (non-hydrogen) atoms. The molecule has 4 heterocycles. The first-order valence-corrected chi connectivity index (χ1v) is 10.8. The van der Waals surface area contributed by atoms with Crippen LogP contribution in [0, 0.1) is 24.6 Å². The summed E-state index contributed by atoms with van der Waals surface area (Å²) in [5.74, 6) is -3.56. The zero-order valence-corrected chi connectivity index (χ0v) is 17.4. The maximum atomic E-state index is 14.6. The molecular weight excluding hydrogens is 421 g/mol. The first kappa shape index (κ1) is 19.0. The lowest BCUT2D eigenvalue weighted by atomic mass is 9.75. The minimum Gasteiger partial charge on any atom is -0.324 e. The van der Waals surface area contributed by atoms with Crippen LogP contribution in [0.3, 0.4) is 0 Å². The van der Waals surface area contributed by atoms with Crippen LogP contribution in [-0.2, 0) is 19.9 Å². The molecule has 0 unspecified atom stereocenters. The number of rotatable bonds is 1. The third kappa shape index (κ3) is 2.13. The second kappa shape index (κ2) is 6.14. The van der Waals surface area contributed by atoms with Crippen LogP contribution in [-0.4, -0.2) is 35.2 Å². The van der Waals surface area contributed by atoms with Gasteiger partial charge in [0.25, 0.3) is 0 Å². The highest BCUT2D eigenvalue weighted by Gasteiger charge is 2.74. The minimum atomic E-state index is -1.32. The number of nitrogens with one attached hydrogen (secondary N) is 1. The lowest BCUT2D eigenvalue weighted by molar-refractivity contribution is -0.135. The summed E-state index contributed by atoms with van der Waals surface area (Å²) in [6, 6.07) is 8.98. The fourth-order valence-electron chi connectivity index (χ4n) is 6.31. The average molecular weight is 440 g/mol. The number of halogens is 2. The van der Waals surface area contributed by atoms with Crippen LogP contribution in [0.25, 0.3) is 0 Å². The zero-order chi connectivity index (χ0) is 21.7. The van der Waals surface area contributed by atoms with Gasteiger partial charge in [-0.25, -0.2) is 9.29 Å². The number of hydrogen-bond acceptors (Lipinski definition) is 4. The fourth-order valence-corrected chi connectivity index (χ4v) is 6.58. The Bertz CT molecular complexity index is 1200. The number of nitrogens with zero attached hydrogens (tertiary/aromatic N) is 2. The summed E-state index contributed by atoms with van der Waals surface area (Å²) in [5, 5.41) is 3.42. The maximum Gasteiger partial charge on any atom is 0.250 e. The van der Waals surface area contributed by atoms with E-state index in [1.807, 2.05) is 11.8 Å². The van der Waals surface area contributed by atoms with Crippen molar-refractivity contribution in [1.29, 1.82) is 0 Å². The molecular formula is C23H19ClFN3O3. The van der Waals surface area contributed by atoms with Gasteiger partial charge in [0.1, 0.15) is 11.4 Å². The number of benzene rings is 2. The molecule has 1 spiro atoms. The Morgan fingerprint density at radius 3 is 2.71 bits per heavy atom. The lowest BCUT2D eigenvalue weighted by Crippen LogP contribution is -2.54. The van der Waals surface area contributed by atoms with Gasteiger partial charge in [0.05, 0.1) is 17.5 Å². The van der Waals surface area contributed by atoms with Gasteiger partial charge in [-0.05, 0) is 56.1 Å². The van der Waals surface area contributed by atoms with Gasteiger partial charge in [-0.1, -0.05) is 23.7 Å². The van der Waals surface area contributed by atoms with Gasteiger partial charge < -0.3 is 5.32 Å². The molecule has 0 radical (unpaired) electrons. The second-order valence-corrected chi connectivity index (χ2v) is 9.17. The number of fused-ring (bicyclic) bond motifs is 7. The maximum absolute atomic E-state index is 14.6. The number of carbonyl (C=O) groups is 3. The molecule has 0 bridgehead atoms. The van der Waals surface area contributed by atoms with Crippen molar-refractivity contribution in [3.63, 3.8) is 0 Å². The molecule has 158 valence electrons. The largest absolute Gasteiger partial charge is 0.324 e. The van der Waals surface area contributed by atoms with E-state index in [-0.39, 0.29) is 17.6 Å². The van der Waals surface area contributed by atoms with E-state index in [9.17, 15) is 18.8 Å². The van der Waals surface area contributed by atoms with Crippen molar-refractivity contribution in [2.75, 3.05) is 16.8 Å². The molecule has 0 saturated carbocycles. The molecule has 6 rings (SSSR count). The van der Waals surface area contributed by atoms with Crippen molar-refractivity contribution in [3.05, 3.63) is 58.4 Å². The number of hydrogen-bond donors (Lipinski definition) is 1. The monoisotopic (exact) mass is 439 g/mol. The molecule has 6 nitrogen and oxygen atoms in total. The number of imide groups is 1. The van der Waals surface area contributed by atoms with Crippen LogP contribution in [0.15, 0.2) is 36.4 Å². The van der Waals surface area contributed by atoms with Crippen molar-refractivity contribution < 1.29 is 18.8 Å². The molecule has 0 aromatic heterocycles. The van der Waals surface area contributed by atoms with Crippen LogP contribution >= 0.6 is 11.6 Å². The summed E-state index contributed by atoms with van der Waals surface area (Å²) in [5.41, 5.74) is 0.703. The highest BCUT2D eigenvalue weighted by atomic mass is 35.5. The van der Waals surface area contributed by atoms with Gasteiger partial charge in [-0.3, -0.25) is 19.3 Å². The van der Waals surface area contributed by atoms with Crippen molar-refractivity contribution in [2.45, 2.75) is 31.3 Å². The van der Waals surface area contributed by atoms with E-state index in [0.717, 1.165) is 16.9 Å². The molecule has 0 aliphatic carbocycles. The van der Waals surface area contributed by atoms with E-state index in [2.05, 4.69) is 5.32 Å². The highest BCUT2D eigenvalue weighted by molar-refractivity contribution is 6.31. The molecule has 2 aromatic rings. The van der Waals surface area contributed by atoms with Gasteiger partial charge in [-0.2, -0.15) is 0 Å². The second-order valence-electron chi connectivity index (χ2n) is 8.74. The van der Waals surface area contributed by atoms with Gasteiger partial charge in [0.15, 0.2) is 0 Å². The Morgan fingerprint density at radius 1 is 1.16 bits per heavy atom. The minimum absolute atomic E-state index is 0.0625. The van der Waals surface area contributed by atoms with Crippen molar-refractivity contribution in [1.82, 2.24) is 4.90 Å². The van der Waals surface area contributed by atoms with Crippen LogP contribution < -0.4 is 10.2 Å². The molecule has 1 N–H and O–H groups in total. The smallest absolute Gasteiger partial charge is 0.250 e. The molecule has 8 heteroatoms. The SMILES string of the molecule is Cc1cc(Cl)cc2c1NC(=O)[C@@]21[C@@H]2C(=O)N(c3ccccc3F)C(=O)[C@H]2[C@@H]2CCCN21. The molecule has 3 fully saturated rings. The fraction of sp³-hybridized carbons (Fsp3) is 0.348. The topological polar surface area (TPSA) is 69.7 Å². The summed E-state index contributed by atoms with van der Waals surface area (Å²) < 4.78 is 14.6. The zero-order valence-electron chi connectivity index (χ0n) is 16.7. The van der Waals surface area contributed by atoms with Gasteiger partial charge in [-0.15, -0.1) is 0 Å². The highest BCUT2D eigenvalue weighted by Crippen LogP contribution is 2.61. The van der Waals surface area contributed by atoms with Crippen molar-refractivity contribution in [2.24, 2.45) is 11.8 Å². The first-order chi connectivity index (χ1) is 14.9. The van der Waals surface area contributed by atoms with Crippen LogP contribution in [0.1, 0.15) is 24.0 Å². The van der Waals surface area contributed by atoms with Crippen LogP contribution in [0.4, 0.5) is 15.8 Å². The van der Waals surface area contributed by atoms with Crippen LogP contribution in [0.2, 0.25) is 5.02 Å². The summed E-state index contributed by atoms with van der Waals surface area (Å²) in [6.45, 7) is 2.46. The predicted molar refractivity (Wildman–Crippen MR) is 112 cm³/mol. The van der Waals surface area contributed by atoms with Gasteiger partial charge in [0, 0.05) is 22.3 Å². The van der Waals surface area contributed by atoms with E-state index in [1.165, 1.54) is 18.2 Å². The summed E-state index contributed by atoms with van der Waals surface area (Å²) in [7, 11) is 0. The first-order valence-electron chi connectivity index (χ1n) is 10.4. The number of carbonyl (C=O) groups excluding carboxylic acids is 3. The standard InChI is InChI=1S/C23H19ClFN3O3/c1-11-9-12(24)10-13-19(11)26-22(31)23(13)18-17(16-7-4-8-27(16)23)20(29)28(21(18)30)15-6-3-2-5-14(15)25/h2-3,5-6,9-10,16-18H,4,7-8H2,1H3,(H,26,31)/t16-,17-,18-,23-/m0/s1. The molecule has 2 aromatic carbocycles. The summed E-state index contributed by atoms with van der Waals surface area (Å²) >= 11 is 6.36. The number of amides is 3. The summed E-state index contributed by atoms with van der Waals surface area (Å²) in [6.07, 6.45) is 1.52. The van der Waals surface area contributed by atoms with Gasteiger partial charge in [0.2, 0.25) is 17.7 Å². The van der Waals surface area contributed by atoms with E-state index >= 15 is 0 Å². The number of anilines is 2. The molecule has 4 aliphatic rings. The summed E-state index contributed by atoms with van der Waals surface area (Å²) in [4.78, 5) is 43.9. The van der Waals surface area contributed by atoms with E-state index < -0.39 is 35.0 Å². The molecule has 4 aliphatic heterocycles. The van der Waals surface area contributed by atoms with Crippen molar-refractivity contribution in [3.8, 4) is 0 Å². The van der Waals surface area contributed by atoms with E-state index in [4.69, 9.17) is 11.6 Å². The predicted octanol–water partition coefficient (Wildman–Crippen LogP) is 3.22. The lowest BCUT2D eigenvalue weighted by Gasteiger charge is -2.36. The third-order valence-electron chi connectivity index (χ3n) is 7.36. The van der Waals surface area contributed by atoms with Crippen LogP contribution in [0.5, 0.6) is 0 Å². The normalized spacial score (nSPS) is 31.4.